The van der Waals surface area contributed by atoms with Crippen LogP contribution in [0.15, 0.2) is 79.5 Å². The number of nitrogens with zero attached hydrogens (tertiary/aromatic N) is 3. The van der Waals surface area contributed by atoms with Gasteiger partial charge in [0.1, 0.15) is 5.82 Å². The predicted octanol–water partition coefficient (Wildman–Crippen LogP) is 5.39. The fourth-order valence-electron chi connectivity index (χ4n) is 3.56. The smallest absolute Gasteiger partial charge is 0.132 e. The largest absolute Gasteiger partial charge is 0.320 e. The molecule has 2 aromatic carbocycles. The Bertz CT molecular complexity index is 1230. The van der Waals surface area contributed by atoms with E-state index in [2.05, 4.69) is 38.3 Å². The minimum Gasteiger partial charge on any atom is -0.320 e. The van der Waals surface area contributed by atoms with E-state index < -0.39 is 0 Å². The molecule has 0 spiro atoms. The molecule has 0 N–H and O–H groups in total. The molecule has 126 valence electrons. The lowest BCUT2D eigenvalue weighted by atomic mass is 10.1. The molecular formula is C22H16FN3. The first-order chi connectivity index (χ1) is 12.7. The van der Waals surface area contributed by atoms with E-state index in [0.717, 1.165) is 33.4 Å². The summed E-state index contributed by atoms with van der Waals surface area (Å²) < 4.78 is 18.2. The Hall–Kier alpha value is -3.40. The molecule has 0 unspecified atom stereocenters. The van der Waals surface area contributed by atoms with Gasteiger partial charge in [-0.3, -0.25) is 4.98 Å². The summed E-state index contributed by atoms with van der Waals surface area (Å²) in [7, 11) is 0. The van der Waals surface area contributed by atoms with Gasteiger partial charge in [-0.05, 0) is 48.4 Å². The van der Waals surface area contributed by atoms with Crippen molar-refractivity contribution in [1.82, 2.24) is 14.0 Å². The van der Waals surface area contributed by atoms with Crippen LogP contribution in [-0.2, 0) is 0 Å². The number of halogens is 1. The van der Waals surface area contributed by atoms with Gasteiger partial charge in [0.05, 0.1) is 17.2 Å². The van der Waals surface area contributed by atoms with Crippen molar-refractivity contribution in [2.45, 2.75) is 6.92 Å². The molecule has 0 bridgehead atoms. The highest BCUT2D eigenvalue weighted by Crippen LogP contribution is 2.29. The normalized spacial score (nSPS) is 11.5. The van der Waals surface area contributed by atoms with Crippen molar-refractivity contribution in [2.24, 2.45) is 0 Å². The molecule has 0 atom stereocenters. The lowest BCUT2D eigenvalue weighted by Gasteiger charge is -2.09. The first-order valence-electron chi connectivity index (χ1n) is 8.49. The minimum absolute atomic E-state index is 0.188. The van der Waals surface area contributed by atoms with Crippen LogP contribution in [0, 0.1) is 12.7 Å². The number of rotatable bonds is 2. The van der Waals surface area contributed by atoms with Crippen molar-refractivity contribution in [2.75, 3.05) is 0 Å². The first-order valence-corrected chi connectivity index (χ1v) is 8.49. The average Bonchev–Trinajstić information content (AvgIpc) is 3.30. The molecule has 5 rings (SSSR count). The molecule has 0 aliphatic carbocycles. The van der Waals surface area contributed by atoms with Crippen molar-refractivity contribution in [3.05, 3.63) is 90.9 Å². The van der Waals surface area contributed by atoms with Gasteiger partial charge < -0.3 is 8.97 Å². The van der Waals surface area contributed by atoms with E-state index >= 15 is 0 Å². The zero-order valence-corrected chi connectivity index (χ0v) is 14.2. The fraction of sp³-hybridized carbons (Fsp3) is 0.0455. The summed E-state index contributed by atoms with van der Waals surface area (Å²) in [5.74, 6) is -0.188. The third-order valence-corrected chi connectivity index (χ3v) is 4.85. The van der Waals surface area contributed by atoms with E-state index in [1.165, 1.54) is 6.07 Å². The van der Waals surface area contributed by atoms with Gasteiger partial charge in [-0.25, -0.2) is 4.39 Å². The predicted molar refractivity (Wildman–Crippen MR) is 102 cm³/mol. The molecule has 4 heteroatoms. The highest BCUT2D eigenvalue weighted by Gasteiger charge is 2.11. The zero-order chi connectivity index (χ0) is 17.7. The van der Waals surface area contributed by atoms with Crippen LogP contribution in [0.4, 0.5) is 4.39 Å². The second-order valence-corrected chi connectivity index (χ2v) is 6.50. The van der Waals surface area contributed by atoms with Crippen molar-refractivity contribution in [3.63, 3.8) is 0 Å². The van der Waals surface area contributed by atoms with E-state index in [-0.39, 0.29) is 5.82 Å². The summed E-state index contributed by atoms with van der Waals surface area (Å²) in [5, 5.41) is 0.649. The number of hydrogen-bond acceptors (Lipinski definition) is 1. The molecule has 0 saturated carbocycles. The van der Waals surface area contributed by atoms with E-state index in [0.29, 0.717) is 5.39 Å². The Morgan fingerprint density at radius 2 is 1.88 bits per heavy atom. The van der Waals surface area contributed by atoms with Gasteiger partial charge in [-0.2, -0.15) is 0 Å². The Morgan fingerprint density at radius 1 is 0.962 bits per heavy atom. The Labute approximate surface area is 150 Å². The summed E-state index contributed by atoms with van der Waals surface area (Å²) in [5.41, 5.74) is 6.27. The van der Waals surface area contributed by atoms with Gasteiger partial charge in [-0.1, -0.05) is 18.2 Å². The second kappa shape index (κ2) is 5.56. The summed E-state index contributed by atoms with van der Waals surface area (Å²) in [4.78, 5) is 4.17. The number of aromatic nitrogens is 3. The maximum absolute atomic E-state index is 14.1. The monoisotopic (exact) mass is 341 g/mol. The number of hydrogen-bond donors (Lipinski definition) is 0. The second-order valence-electron chi connectivity index (χ2n) is 6.50. The summed E-state index contributed by atoms with van der Waals surface area (Å²) in [6.45, 7) is 2.01. The molecule has 0 radical (unpaired) electrons. The van der Waals surface area contributed by atoms with Gasteiger partial charge in [0.2, 0.25) is 0 Å². The lowest BCUT2D eigenvalue weighted by molar-refractivity contribution is 0.639. The van der Waals surface area contributed by atoms with Gasteiger partial charge in [-0.15, -0.1) is 0 Å². The Kier molecular flexibility index (Phi) is 3.19. The molecule has 3 heterocycles. The highest BCUT2D eigenvalue weighted by atomic mass is 19.1. The van der Waals surface area contributed by atoms with Crippen molar-refractivity contribution in [3.8, 4) is 16.8 Å². The van der Waals surface area contributed by atoms with E-state index in [1.807, 2.05) is 49.8 Å². The van der Waals surface area contributed by atoms with Crippen molar-refractivity contribution >= 4 is 16.4 Å². The van der Waals surface area contributed by atoms with Gasteiger partial charge in [0.25, 0.3) is 0 Å². The number of fused-ring (bicyclic) bond motifs is 2. The van der Waals surface area contributed by atoms with Crippen LogP contribution in [0.2, 0.25) is 0 Å². The molecule has 3 nitrogen and oxygen atoms in total. The SMILES string of the molecule is Cc1ccc(F)c2ccn(-c3cccc(-c4cc5cnccn5c4)c3)c12. The Balaban J connectivity index is 1.68. The quantitative estimate of drug-likeness (QED) is 0.422. The fourth-order valence-corrected chi connectivity index (χ4v) is 3.56. The summed E-state index contributed by atoms with van der Waals surface area (Å²) >= 11 is 0. The van der Waals surface area contributed by atoms with Crippen LogP contribution in [0.25, 0.3) is 33.2 Å². The van der Waals surface area contributed by atoms with Crippen molar-refractivity contribution < 1.29 is 4.39 Å². The molecule has 26 heavy (non-hydrogen) atoms. The van der Waals surface area contributed by atoms with Gasteiger partial charge in [0.15, 0.2) is 0 Å². The maximum Gasteiger partial charge on any atom is 0.132 e. The van der Waals surface area contributed by atoms with Crippen LogP contribution >= 0.6 is 0 Å². The van der Waals surface area contributed by atoms with Crippen LogP contribution in [0.1, 0.15) is 5.56 Å². The van der Waals surface area contributed by atoms with Gasteiger partial charge >= 0.3 is 0 Å². The summed E-state index contributed by atoms with van der Waals surface area (Å²) in [6.07, 6.45) is 9.58. The van der Waals surface area contributed by atoms with Crippen LogP contribution in [-0.4, -0.2) is 14.0 Å². The van der Waals surface area contributed by atoms with E-state index in [4.69, 9.17) is 0 Å². The Morgan fingerprint density at radius 3 is 2.77 bits per heavy atom. The van der Waals surface area contributed by atoms with E-state index in [1.54, 1.807) is 6.20 Å². The third-order valence-electron chi connectivity index (χ3n) is 4.85. The van der Waals surface area contributed by atoms with Crippen molar-refractivity contribution in [1.29, 1.82) is 0 Å². The molecule has 5 aromatic rings. The lowest BCUT2D eigenvalue weighted by Crippen LogP contribution is -1.94. The molecule has 0 amide bonds. The maximum atomic E-state index is 14.1. The minimum atomic E-state index is -0.188. The van der Waals surface area contributed by atoms with Gasteiger partial charge in [0, 0.05) is 41.4 Å². The molecule has 0 fully saturated rings. The standard InChI is InChI=1S/C22H16FN3/c1-15-5-6-21(23)20-7-9-26(22(15)20)18-4-2-3-16(11-18)17-12-19-13-24-8-10-25(19)14-17/h2-14H,1H3. The van der Waals surface area contributed by atoms with E-state index in [9.17, 15) is 4.39 Å². The zero-order valence-electron chi connectivity index (χ0n) is 14.2. The average molecular weight is 341 g/mol. The molecular weight excluding hydrogens is 325 g/mol. The first kappa shape index (κ1) is 14.9. The third kappa shape index (κ3) is 2.23. The molecule has 0 aliphatic heterocycles. The highest BCUT2D eigenvalue weighted by molar-refractivity contribution is 5.86. The number of benzene rings is 2. The topological polar surface area (TPSA) is 22.2 Å². The molecule has 0 saturated heterocycles. The number of aryl methyl sites for hydroxylation is 1. The van der Waals surface area contributed by atoms with Crippen LogP contribution in [0.3, 0.4) is 0 Å². The molecule has 0 aliphatic rings. The summed E-state index contributed by atoms with van der Waals surface area (Å²) in [6, 6.07) is 15.6. The van der Waals surface area contributed by atoms with Crippen LogP contribution < -0.4 is 0 Å². The molecule has 3 aromatic heterocycles. The van der Waals surface area contributed by atoms with Crippen LogP contribution in [0.5, 0.6) is 0 Å².